The van der Waals surface area contributed by atoms with Gasteiger partial charge in [0.05, 0.1) is 70.7 Å². The van der Waals surface area contributed by atoms with E-state index in [9.17, 15) is 42.1 Å². The SMILES string of the molecule is Cc1ccc(S(=O)(=O)OCC(C)(C)c2ccccc2C)cc1.Cc1ccc(S(=O)(=O)OCC(C)(C)c2ccccc2OCc2c(C)cccc2C)cc1.Cc1ccc(S(=O)(=O)OCC(C)(C)c2ccccc2OCc2ccccc2C)cc1.Cc1ccc(S(=O)(=O)OCCCCOCc2c(C)cccc2C)cc1.Cc1ccc(S(=O)(=O)OCCCCOCc2ccccc2C)cc1. The quantitative estimate of drug-likeness (QED) is 0.0256. The molecule has 0 amide bonds. The Bertz CT molecular complexity index is 6240. The van der Waals surface area contributed by atoms with Gasteiger partial charge in [0.1, 0.15) is 24.7 Å². The summed E-state index contributed by atoms with van der Waals surface area (Å²) in [5, 5.41) is 0. The lowest BCUT2D eigenvalue weighted by Gasteiger charge is -2.27. The van der Waals surface area contributed by atoms with E-state index in [1.165, 1.54) is 44.5 Å². The van der Waals surface area contributed by atoms with Crippen LogP contribution in [-0.4, -0.2) is 88.3 Å². The number of unbranched alkanes of at least 4 members (excludes halogenated alkanes) is 2. The fourth-order valence-electron chi connectivity index (χ4n) is 13.7. The maximum Gasteiger partial charge on any atom is 0.297 e. The van der Waals surface area contributed by atoms with E-state index in [0.29, 0.717) is 52.5 Å². The smallest absolute Gasteiger partial charge is 0.297 e. The zero-order valence-electron chi connectivity index (χ0n) is 79.5. The molecule has 12 rings (SSSR count). The van der Waals surface area contributed by atoms with Crippen molar-refractivity contribution in [1.29, 1.82) is 0 Å². The van der Waals surface area contributed by atoms with Gasteiger partial charge in [0.15, 0.2) is 0 Å². The van der Waals surface area contributed by atoms with Crippen LogP contribution in [0, 0.1) is 83.1 Å². The molecule has 706 valence electrons. The van der Waals surface area contributed by atoms with E-state index in [-0.39, 0.29) is 62.9 Å². The van der Waals surface area contributed by atoms with E-state index in [0.717, 1.165) is 85.5 Å². The van der Waals surface area contributed by atoms with Crippen molar-refractivity contribution in [2.75, 3.05) is 46.2 Å². The minimum Gasteiger partial charge on any atom is -0.489 e. The molecule has 0 aliphatic rings. The summed E-state index contributed by atoms with van der Waals surface area (Å²) in [6.45, 7) is 39.5. The van der Waals surface area contributed by atoms with E-state index in [4.69, 9.17) is 39.9 Å². The Hall–Kier alpha value is -10.3. The molecule has 0 saturated carbocycles. The second-order valence-electron chi connectivity index (χ2n) is 34.9. The monoisotopic (exact) mass is 1890 g/mol. The third-order valence-electron chi connectivity index (χ3n) is 22.3. The Morgan fingerprint density at radius 1 is 0.220 bits per heavy atom. The van der Waals surface area contributed by atoms with Crippen LogP contribution in [0.3, 0.4) is 0 Å². The molecule has 0 radical (unpaired) electrons. The zero-order chi connectivity index (χ0) is 96.5. The normalized spacial score (nSPS) is 11.9. The predicted octanol–water partition coefficient (Wildman–Crippen LogP) is 23.7. The highest BCUT2D eigenvalue weighted by atomic mass is 32.2. The van der Waals surface area contributed by atoms with Crippen molar-refractivity contribution >= 4 is 50.6 Å². The van der Waals surface area contributed by atoms with Crippen LogP contribution in [0.2, 0.25) is 0 Å². The highest BCUT2D eigenvalue weighted by molar-refractivity contribution is 7.87. The molecule has 0 bridgehead atoms. The van der Waals surface area contributed by atoms with E-state index < -0.39 is 61.4 Å². The van der Waals surface area contributed by atoms with Crippen molar-refractivity contribution in [3.05, 3.63) is 385 Å². The molecule has 0 spiro atoms. The third-order valence-corrected chi connectivity index (χ3v) is 28.8. The van der Waals surface area contributed by atoms with Crippen LogP contribution in [0.4, 0.5) is 0 Å². The molecule has 12 aromatic carbocycles. The van der Waals surface area contributed by atoms with Crippen LogP contribution < -0.4 is 9.47 Å². The average molecular weight is 1890 g/mol. The minimum absolute atomic E-state index is 0.00692. The lowest BCUT2D eigenvalue weighted by molar-refractivity contribution is 0.113. The summed E-state index contributed by atoms with van der Waals surface area (Å²) in [5.41, 5.74) is 19.4. The fraction of sp³-hybridized carbons (Fsp3) is 0.333. The largest absolute Gasteiger partial charge is 0.489 e. The highest BCUT2D eigenvalue weighted by Crippen LogP contribution is 2.37. The molecule has 24 heteroatoms. The number of aryl methyl sites for hydroxylation is 12. The van der Waals surface area contributed by atoms with E-state index in [2.05, 4.69) is 77.9 Å². The highest BCUT2D eigenvalue weighted by Gasteiger charge is 2.32. The van der Waals surface area contributed by atoms with E-state index >= 15 is 0 Å². The maximum absolute atomic E-state index is 12.6. The molecule has 0 aromatic heterocycles. The molecule has 0 N–H and O–H groups in total. The second kappa shape index (κ2) is 50.2. The number of ether oxygens (including phenoxy) is 4. The summed E-state index contributed by atoms with van der Waals surface area (Å²) in [5.74, 6) is 1.45. The standard InChI is InChI=1S/C26H30O4S.C25H28O4S.C20H26O4S.C19H24O4S.C18H22O3S/c1-19-13-15-22(16-14-19)31(27,28)30-18-26(4,5)24-11-6-7-12-25(24)29-17-23-20(2)9-8-10-21(23)3;1-19-13-15-22(16-14-19)30(26,27)29-18-25(3,4)23-11-7-8-12-24(23)28-17-21-10-6-5-9-20(21)2;1-16-9-11-19(12-10-16)25(21,22)24-14-5-4-13-23-15-20-17(2)7-6-8-18(20)3;1-16-9-11-19(12-10-16)24(20,21)23-14-6-5-13-22-15-18-8-4-3-7-17(18)2;1-14-9-11-16(12-10-14)22(19,20)21-13-18(3,4)17-8-6-5-7-15(17)2/h6-16H,17-18H2,1-5H3;5-16H,17-18H2,1-4H3;6-12H,4-5,13-15H2,1-3H3;3-4,7-12H,5-6,13-15H2,1-2H3;5-12H,13H2,1-4H3. The van der Waals surface area contributed by atoms with Gasteiger partial charge < -0.3 is 18.9 Å². The fourth-order valence-corrected chi connectivity index (χ4v) is 18.8. The van der Waals surface area contributed by atoms with Gasteiger partial charge in [0.2, 0.25) is 0 Å². The molecule has 12 aromatic rings. The number of para-hydroxylation sites is 2. The summed E-state index contributed by atoms with van der Waals surface area (Å²) < 4.78 is 173. The van der Waals surface area contributed by atoms with E-state index in [1.54, 1.807) is 121 Å². The van der Waals surface area contributed by atoms with Gasteiger partial charge in [-0.05, 0) is 248 Å². The Morgan fingerprint density at radius 2 is 0.462 bits per heavy atom. The molecule has 0 unspecified atom stereocenters. The number of rotatable bonds is 39. The molecule has 19 nitrogen and oxygen atoms in total. The molecule has 0 atom stereocenters. The van der Waals surface area contributed by atoms with Gasteiger partial charge in [0.25, 0.3) is 50.6 Å². The number of hydrogen-bond acceptors (Lipinski definition) is 19. The summed E-state index contributed by atoms with van der Waals surface area (Å²) in [4.78, 5) is 0.911. The molecule has 0 saturated heterocycles. The van der Waals surface area contributed by atoms with Crippen molar-refractivity contribution in [3.8, 4) is 11.5 Å². The topological polar surface area (TPSA) is 254 Å². The van der Waals surface area contributed by atoms with Gasteiger partial charge >= 0.3 is 0 Å². The van der Waals surface area contributed by atoms with Crippen LogP contribution in [0.5, 0.6) is 11.5 Å². The first-order valence-electron chi connectivity index (χ1n) is 44.1. The first kappa shape index (κ1) is 107. The Kier molecular flexibility index (Phi) is 40.7. The number of hydrogen-bond donors (Lipinski definition) is 0. The van der Waals surface area contributed by atoms with Crippen LogP contribution in [0.1, 0.15) is 173 Å². The van der Waals surface area contributed by atoms with Gasteiger partial charge in [-0.25, -0.2) is 0 Å². The number of benzene rings is 12. The Balaban J connectivity index is 0.000000204. The zero-order valence-corrected chi connectivity index (χ0v) is 83.5. The third kappa shape index (κ3) is 33.7. The minimum atomic E-state index is -3.84. The molecule has 0 aliphatic heterocycles. The molecule has 0 heterocycles. The molecule has 0 aliphatic carbocycles. The summed E-state index contributed by atoms with van der Waals surface area (Å²) >= 11 is 0. The van der Waals surface area contributed by atoms with Gasteiger partial charge in [-0.15, -0.1) is 0 Å². The maximum atomic E-state index is 12.6. The van der Waals surface area contributed by atoms with Crippen LogP contribution >= 0.6 is 0 Å². The van der Waals surface area contributed by atoms with Crippen molar-refractivity contribution in [1.82, 2.24) is 0 Å². The second-order valence-corrected chi connectivity index (χ2v) is 43.0. The Morgan fingerprint density at radius 3 is 0.788 bits per heavy atom. The van der Waals surface area contributed by atoms with Crippen molar-refractivity contribution in [2.24, 2.45) is 0 Å². The molecule has 132 heavy (non-hydrogen) atoms. The molecular weight excluding hydrogens is 1760 g/mol. The van der Waals surface area contributed by atoms with E-state index in [1.807, 2.05) is 204 Å². The Labute approximate surface area is 786 Å². The summed E-state index contributed by atoms with van der Waals surface area (Å²) in [6, 6.07) is 85.3. The summed E-state index contributed by atoms with van der Waals surface area (Å²) in [6.07, 6.45) is 2.79. The van der Waals surface area contributed by atoms with Crippen molar-refractivity contribution in [2.45, 2.75) is 217 Å². The average Bonchev–Trinajstić information content (AvgIpc) is 0.801. The van der Waals surface area contributed by atoms with Gasteiger partial charge in [-0.3, -0.25) is 20.9 Å². The van der Waals surface area contributed by atoms with Crippen LogP contribution in [0.25, 0.3) is 0 Å². The first-order valence-corrected chi connectivity index (χ1v) is 51.1. The van der Waals surface area contributed by atoms with Gasteiger partial charge in [0, 0.05) is 40.6 Å². The molecular formula is C108H130O19S5. The van der Waals surface area contributed by atoms with Gasteiger partial charge in [-0.1, -0.05) is 276 Å². The lowest BCUT2D eigenvalue weighted by Crippen LogP contribution is -2.27. The molecule has 0 fully saturated rings. The van der Waals surface area contributed by atoms with Crippen molar-refractivity contribution in [3.63, 3.8) is 0 Å². The first-order chi connectivity index (χ1) is 62.4. The summed E-state index contributed by atoms with van der Waals surface area (Å²) in [7, 11) is -18.7. The lowest BCUT2D eigenvalue weighted by atomic mass is 9.83. The van der Waals surface area contributed by atoms with Crippen LogP contribution in [-0.2, 0) is 124 Å². The van der Waals surface area contributed by atoms with Crippen molar-refractivity contribution < 1.29 is 82.0 Å². The van der Waals surface area contributed by atoms with Gasteiger partial charge in [-0.2, -0.15) is 42.1 Å². The van der Waals surface area contributed by atoms with Crippen LogP contribution in [0.15, 0.2) is 304 Å². The predicted molar refractivity (Wildman–Crippen MR) is 525 cm³/mol.